The third-order valence-electron chi connectivity index (χ3n) is 9.39. The number of hydrogen-bond acceptors (Lipinski definition) is 8. The van der Waals surface area contributed by atoms with Gasteiger partial charge < -0.3 is 20.7 Å². The van der Waals surface area contributed by atoms with E-state index in [4.69, 9.17) is 5.21 Å². The molecule has 0 spiro atoms. The van der Waals surface area contributed by atoms with Gasteiger partial charge in [0.2, 0.25) is 15.9 Å². The first kappa shape index (κ1) is 39.0. The van der Waals surface area contributed by atoms with E-state index in [0.717, 1.165) is 35.5 Å². The molecule has 0 saturated heterocycles. The van der Waals surface area contributed by atoms with Crippen molar-refractivity contribution >= 4 is 39.5 Å². The van der Waals surface area contributed by atoms with Gasteiger partial charge in [-0.1, -0.05) is 88.2 Å². The molecule has 0 aliphatic heterocycles. The second kappa shape index (κ2) is 18.4. The van der Waals surface area contributed by atoms with Crippen molar-refractivity contribution in [3.8, 4) is 0 Å². The zero-order valence-electron chi connectivity index (χ0n) is 29.8. The van der Waals surface area contributed by atoms with Crippen molar-refractivity contribution in [3.63, 3.8) is 0 Å². The standard InChI is InChI=1S/C37H52N6O5S2/c1-6-27(4)34(41-37(45)42(5)24-32-25-49-36(40-32)26(2)3)35(44)39-31(21-28-11-8-7-9-12-28)19-20-43(23-30-13-10-14-30)50(47,48)33-17-15-29(16-18-33)22-38-46/h7-9,11-12,15-18,22,25-27,30-31,34,46H,6,10,13-14,19-21,23-24H2,1-5H3,(H,39,44)(H,41,45)/b38-22+/t27-,31+,34+/m0/s1. The zero-order valence-corrected chi connectivity index (χ0v) is 31.4. The number of benzene rings is 2. The largest absolute Gasteiger partial charge is 0.411 e. The van der Waals surface area contributed by atoms with Crippen LogP contribution >= 0.6 is 11.3 Å². The molecule has 2 aromatic carbocycles. The maximum atomic E-state index is 14.0. The predicted molar refractivity (Wildman–Crippen MR) is 198 cm³/mol. The minimum Gasteiger partial charge on any atom is -0.411 e. The molecule has 11 nitrogen and oxygen atoms in total. The van der Waals surface area contributed by atoms with Crippen LogP contribution in [0.4, 0.5) is 4.79 Å². The molecule has 4 rings (SSSR count). The van der Waals surface area contributed by atoms with Gasteiger partial charge in [0, 0.05) is 37.5 Å². The number of sulfonamides is 1. The van der Waals surface area contributed by atoms with Gasteiger partial charge in [0.05, 0.1) is 28.4 Å². The normalized spacial score (nSPS) is 15.5. The summed E-state index contributed by atoms with van der Waals surface area (Å²) in [6, 6.07) is 14.5. The summed E-state index contributed by atoms with van der Waals surface area (Å²) in [7, 11) is -2.15. The smallest absolute Gasteiger partial charge is 0.318 e. The number of carbonyl (C=O) groups excluding carboxylic acids is 2. The van der Waals surface area contributed by atoms with Crippen molar-refractivity contribution in [2.75, 3.05) is 20.1 Å². The number of nitrogens with zero attached hydrogens (tertiary/aromatic N) is 4. The number of carbonyl (C=O) groups is 2. The Morgan fingerprint density at radius 2 is 1.78 bits per heavy atom. The van der Waals surface area contributed by atoms with Crippen molar-refractivity contribution in [2.45, 2.75) is 95.7 Å². The summed E-state index contributed by atoms with van der Waals surface area (Å²) < 4.78 is 29.5. The second-order valence-electron chi connectivity index (χ2n) is 13.7. The summed E-state index contributed by atoms with van der Waals surface area (Å²) in [6.07, 6.45) is 5.85. The molecule has 0 radical (unpaired) electrons. The molecular weight excluding hydrogens is 673 g/mol. The lowest BCUT2D eigenvalue weighted by Crippen LogP contribution is -2.55. The Labute approximate surface area is 301 Å². The van der Waals surface area contributed by atoms with Gasteiger partial charge in [-0.05, 0) is 60.8 Å². The number of oxime groups is 1. The van der Waals surface area contributed by atoms with Crippen LogP contribution in [0.15, 0.2) is 70.0 Å². The fourth-order valence-corrected chi connectivity index (χ4v) is 8.21. The Morgan fingerprint density at radius 3 is 2.36 bits per heavy atom. The highest BCUT2D eigenvalue weighted by atomic mass is 32.2. The Bertz CT molecular complexity index is 1660. The lowest BCUT2D eigenvalue weighted by Gasteiger charge is -2.33. The lowest BCUT2D eigenvalue weighted by atomic mass is 9.85. The maximum absolute atomic E-state index is 14.0. The predicted octanol–water partition coefficient (Wildman–Crippen LogP) is 6.24. The molecule has 272 valence electrons. The van der Waals surface area contributed by atoms with Gasteiger partial charge in [0.25, 0.3) is 0 Å². The molecule has 1 aromatic heterocycles. The molecule has 3 amide bonds. The molecule has 3 N–H and O–H groups in total. The zero-order chi connectivity index (χ0) is 36.3. The summed E-state index contributed by atoms with van der Waals surface area (Å²) in [4.78, 5) is 33.7. The van der Waals surface area contributed by atoms with Gasteiger partial charge in [-0.15, -0.1) is 11.3 Å². The van der Waals surface area contributed by atoms with Crippen LogP contribution in [0.5, 0.6) is 0 Å². The SMILES string of the molecule is CC[C@H](C)[C@@H](NC(=O)N(C)Cc1csc(C(C)C)n1)C(=O)N[C@H](CCN(CC1CCC1)S(=O)(=O)c1ccc(/C=N/O)cc1)Cc1ccccc1. The average Bonchev–Trinajstić information content (AvgIpc) is 3.55. The van der Waals surface area contributed by atoms with Crippen LogP contribution in [0.25, 0.3) is 0 Å². The van der Waals surface area contributed by atoms with E-state index in [2.05, 4.69) is 34.6 Å². The highest BCUT2D eigenvalue weighted by molar-refractivity contribution is 7.89. The van der Waals surface area contributed by atoms with E-state index in [1.165, 1.54) is 23.2 Å². The molecule has 1 aliphatic carbocycles. The fraction of sp³-hybridized carbons (Fsp3) is 0.514. The topological polar surface area (TPSA) is 144 Å². The maximum Gasteiger partial charge on any atom is 0.318 e. The van der Waals surface area contributed by atoms with Gasteiger partial charge in [0.1, 0.15) is 6.04 Å². The van der Waals surface area contributed by atoms with Crippen LogP contribution in [-0.2, 0) is 27.8 Å². The number of nitrogens with one attached hydrogen (secondary N) is 2. The number of hydrogen-bond donors (Lipinski definition) is 3. The Balaban J connectivity index is 1.51. The van der Waals surface area contributed by atoms with Gasteiger partial charge in [-0.25, -0.2) is 18.2 Å². The van der Waals surface area contributed by atoms with Gasteiger partial charge in [0.15, 0.2) is 0 Å². The first-order valence-corrected chi connectivity index (χ1v) is 19.8. The number of amides is 3. The molecule has 1 aliphatic rings. The lowest BCUT2D eigenvalue weighted by molar-refractivity contribution is -0.124. The Kier molecular flexibility index (Phi) is 14.4. The summed E-state index contributed by atoms with van der Waals surface area (Å²) in [5, 5.41) is 21.0. The minimum atomic E-state index is -3.84. The van der Waals surface area contributed by atoms with E-state index in [0.29, 0.717) is 43.8 Å². The minimum absolute atomic E-state index is 0.147. The summed E-state index contributed by atoms with van der Waals surface area (Å²) in [5.41, 5.74) is 2.40. The fourth-order valence-electron chi connectivity index (χ4n) is 5.85. The monoisotopic (exact) mass is 724 g/mol. The van der Waals surface area contributed by atoms with Crippen molar-refractivity contribution in [3.05, 3.63) is 81.8 Å². The van der Waals surface area contributed by atoms with E-state index < -0.39 is 22.1 Å². The van der Waals surface area contributed by atoms with E-state index in [9.17, 15) is 18.0 Å². The van der Waals surface area contributed by atoms with Crippen LogP contribution in [0.3, 0.4) is 0 Å². The third-order valence-corrected chi connectivity index (χ3v) is 12.5. The van der Waals surface area contributed by atoms with Crippen LogP contribution in [-0.4, -0.2) is 78.2 Å². The number of aromatic nitrogens is 1. The third kappa shape index (κ3) is 10.8. The number of rotatable bonds is 18. The van der Waals surface area contributed by atoms with Crippen LogP contribution in [0, 0.1) is 11.8 Å². The molecule has 13 heteroatoms. The van der Waals surface area contributed by atoms with Crippen molar-refractivity contribution in [1.82, 2.24) is 24.8 Å². The number of thiazole rings is 1. The number of urea groups is 1. The van der Waals surface area contributed by atoms with E-state index >= 15 is 0 Å². The van der Waals surface area contributed by atoms with Crippen molar-refractivity contribution < 1.29 is 23.2 Å². The van der Waals surface area contributed by atoms with Gasteiger partial charge in [-0.3, -0.25) is 4.79 Å². The Hall–Kier alpha value is -3.81. The molecule has 1 heterocycles. The summed E-state index contributed by atoms with van der Waals surface area (Å²) >= 11 is 1.57. The van der Waals surface area contributed by atoms with Gasteiger partial charge >= 0.3 is 6.03 Å². The van der Waals surface area contributed by atoms with Crippen LogP contribution in [0.1, 0.15) is 87.5 Å². The molecule has 3 aromatic rings. The second-order valence-corrected chi connectivity index (χ2v) is 16.5. The van der Waals surface area contributed by atoms with E-state index in [1.807, 2.05) is 49.6 Å². The molecule has 50 heavy (non-hydrogen) atoms. The summed E-state index contributed by atoms with van der Waals surface area (Å²) in [6.45, 7) is 9.03. The molecule has 1 saturated carbocycles. The molecule has 3 atom stereocenters. The summed E-state index contributed by atoms with van der Waals surface area (Å²) in [5.74, 6) is 0.147. The van der Waals surface area contributed by atoms with Crippen LogP contribution in [0.2, 0.25) is 0 Å². The van der Waals surface area contributed by atoms with Crippen molar-refractivity contribution in [2.24, 2.45) is 17.0 Å². The average molecular weight is 725 g/mol. The quantitative estimate of drug-likeness (QED) is 0.0805. The van der Waals surface area contributed by atoms with Gasteiger partial charge in [-0.2, -0.15) is 4.31 Å². The molecule has 0 unspecified atom stereocenters. The van der Waals surface area contributed by atoms with Crippen LogP contribution < -0.4 is 10.6 Å². The molecular formula is C37H52N6O5S2. The Morgan fingerprint density at radius 1 is 1.08 bits per heavy atom. The first-order valence-electron chi connectivity index (χ1n) is 17.5. The highest BCUT2D eigenvalue weighted by Gasteiger charge is 2.32. The first-order chi connectivity index (χ1) is 23.9. The molecule has 1 fully saturated rings. The highest BCUT2D eigenvalue weighted by Crippen LogP contribution is 2.30. The van der Waals surface area contributed by atoms with Crippen molar-refractivity contribution in [1.29, 1.82) is 0 Å². The van der Waals surface area contributed by atoms with E-state index in [-0.39, 0.29) is 35.2 Å². The van der Waals surface area contributed by atoms with E-state index in [1.54, 1.807) is 34.8 Å². The molecule has 0 bridgehead atoms.